The number of amides is 2. The van der Waals surface area contributed by atoms with Crippen molar-refractivity contribution in [3.05, 3.63) is 64.3 Å². The zero-order valence-electron chi connectivity index (χ0n) is 15.6. The molecule has 146 valence electrons. The Bertz CT molecular complexity index is 928. The van der Waals surface area contributed by atoms with Crippen LogP contribution >= 0.6 is 11.8 Å². The molecule has 28 heavy (non-hydrogen) atoms. The molecule has 0 aliphatic carbocycles. The molecule has 2 aromatic rings. The summed E-state index contributed by atoms with van der Waals surface area (Å²) in [6.45, 7) is 4.60. The first kappa shape index (κ1) is 19.9. The number of rotatable bonds is 7. The molecule has 7 heteroatoms. The molecule has 1 saturated heterocycles. The molecule has 0 unspecified atom stereocenters. The number of thioether (sulfide) groups is 1. The second kappa shape index (κ2) is 8.93. The molecule has 0 bridgehead atoms. The summed E-state index contributed by atoms with van der Waals surface area (Å²) in [6.07, 6.45) is 1.67. The normalized spacial score (nSPS) is 15.4. The first-order valence-electron chi connectivity index (χ1n) is 8.91. The number of benzene rings is 2. The van der Waals surface area contributed by atoms with E-state index in [2.05, 4.69) is 0 Å². The van der Waals surface area contributed by atoms with Crippen molar-refractivity contribution in [3.8, 4) is 11.5 Å². The molecular formula is C21H20FNO4S. The molecular weight excluding hydrogens is 381 g/mol. The molecule has 2 amide bonds. The van der Waals surface area contributed by atoms with Crippen molar-refractivity contribution in [2.75, 3.05) is 13.2 Å². The van der Waals surface area contributed by atoms with Crippen molar-refractivity contribution in [3.63, 3.8) is 0 Å². The number of nitrogens with zero attached hydrogens (tertiary/aromatic N) is 1. The highest BCUT2D eigenvalue weighted by Crippen LogP contribution is 2.34. The highest BCUT2D eigenvalue weighted by atomic mass is 32.2. The van der Waals surface area contributed by atoms with E-state index in [9.17, 15) is 14.0 Å². The van der Waals surface area contributed by atoms with E-state index in [4.69, 9.17) is 9.47 Å². The molecule has 1 fully saturated rings. The quantitative estimate of drug-likeness (QED) is 0.620. The molecule has 0 saturated carbocycles. The number of hydrogen-bond donors (Lipinski definition) is 0. The maximum absolute atomic E-state index is 13.3. The van der Waals surface area contributed by atoms with Crippen LogP contribution in [0.1, 0.15) is 25.0 Å². The molecule has 5 nitrogen and oxygen atoms in total. The van der Waals surface area contributed by atoms with E-state index in [1.165, 1.54) is 17.0 Å². The number of ether oxygens (including phenoxy) is 2. The van der Waals surface area contributed by atoms with Gasteiger partial charge in [0.1, 0.15) is 12.4 Å². The summed E-state index contributed by atoms with van der Waals surface area (Å²) >= 11 is 0.924. The van der Waals surface area contributed by atoms with Crippen LogP contribution in [-0.2, 0) is 11.4 Å². The van der Waals surface area contributed by atoms with Gasteiger partial charge in [-0.3, -0.25) is 14.5 Å². The molecule has 2 aromatic carbocycles. The smallest absolute Gasteiger partial charge is 0.293 e. The lowest BCUT2D eigenvalue weighted by Crippen LogP contribution is -2.27. The highest BCUT2D eigenvalue weighted by molar-refractivity contribution is 8.18. The van der Waals surface area contributed by atoms with E-state index >= 15 is 0 Å². The van der Waals surface area contributed by atoms with Crippen LogP contribution in [0.25, 0.3) is 6.08 Å². The molecule has 1 heterocycles. The van der Waals surface area contributed by atoms with E-state index in [-0.39, 0.29) is 23.6 Å². The fraction of sp³-hybridized carbons (Fsp3) is 0.238. The largest absolute Gasteiger partial charge is 0.490 e. The van der Waals surface area contributed by atoms with Gasteiger partial charge >= 0.3 is 0 Å². The maximum atomic E-state index is 13.3. The van der Waals surface area contributed by atoms with Crippen molar-refractivity contribution < 1.29 is 23.5 Å². The second-order valence-electron chi connectivity index (χ2n) is 5.98. The minimum atomic E-state index is -0.317. The van der Waals surface area contributed by atoms with E-state index in [1.807, 2.05) is 6.92 Å². The van der Waals surface area contributed by atoms with Gasteiger partial charge in [0.05, 0.1) is 11.5 Å². The Morgan fingerprint density at radius 3 is 2.57 bits per heavy atom. The summed E-state index contributed by atoms with van der Waals surface area (Å²) in [5.74, 6) is 0.427. The lowest BCUT2D eigenvalue weighted by Gasteiger charge is -2.13. The third-order valence-corrected chi connectivity index (χ3v) is 4.95. The average Bonchev–Trinajstić information content (AvgIpc) is 2.94. The monoisotopic (exact) mass is 401 g/mol. The third-order valence-electron chi connectivity index (χ3n) is 4.04. The van der Waals surface area contributed by atoms with Gasteiger partial charge in [0, 0.05) is 6.54 Å². The summed E-state index contributed by atoms with van der Waals surface area (Å²) in [7, 11) is 0. The average molecular weight is 401 g/mol. The highest BCUT2D eigenvalue weighted by Gasteiger charge is 2.33. The van der Waals surface area contributed by atoms with Gasteiger partial charge in [-0.05, 0) is 67.1 Å². The van der Waals surface area contributed by atoms with Gasteiger partial charge in [0.25, 0.3) is 11.1 Å². The Hall–Kier alpha value is -2.80. The molecule has 0 radical (unpaired) electrons. The van der Waals surface area contributed by atoms with Gasteiger partial charge < -0.3 is 9.47 Å². The summed E-state index contributed by atoms with van der Waals surface area (Å²) in [5, 5.41) is -0.265. The predicted octanol–water partition coefficient (Wildman–Crippen LogP) is 4.86. The van der Waals surface area contributed by atoms with E-state index in [1.54, 1.807) is 43.3 Å². The fourth-order valence-electron chi connectivity index (χ4n) is 2.71. The summed E-state index contributed by atoms with van der Waals surface area (Å²) in [4.78, 5) is 25.7. The zero-order chi connectivity index (χ0) is 20.1. The molecule has 0 spiro atoms. The molecule has 0 aromatic heterocycles. The molecule has 1 aliphatic heterocycles. The maximum Gasteiger partial charge on any atom is 0.293 e. The van der Waals surface area contributed by atoms with E-state index in [0.717, 1.165) is 17.3 Å². The van der Waals surface area contributed by atoms with Crippen molar-refractivity contribution in [1.82, 2.24) is 4.90 Å². The van der Waals surface area contributed by atoms with Gasteiger partial charge in [-0.25, -0.2) is 4.39 Å². The lowest BCUT2D eigenvalue weighted by atomic mass is 10.1. The summed E-state index contributed by atoms with van der Waals surface area (Å²) in [6, 6.07) is 11.5. The van der Waals surface area contributed by atoms with Crippen molar-refractivity contribution in [1.29, 1.82) is 0 Å². The van der Waals surface area contributed by atoms with Crippen molar-refractivity contribution >= 4 is 29.0 Å². The molecule has 1 aliphatic rings. The Balaban J connectivity index is 1.80. The second-order valence-corrected chi connectivity index (χ2v) is 6.98. The Morgan fingerprint density at radius 2 is 1.89 bits per heavy atom. The minimum Gasteiger partial charge on any atom is -0.490 e. The number of halogens is 1. The molecule has 0 atom stereocenters. The standard InChI is InChI=1S/C21H20FNO4S/c1-3-23-20(24)19(28-21(23)25)12-14-8-9-17(18(11-14)26-4-2)27-13-15-6-5-7-16(22)10-15/h5-12H,3-4,13H2,1-2H3/b19-12+. The van der Waals surface area contributed by atoms with Crippen LogP contribution in [0.2, 0.25) is 0 Å². The van der Waals surface area contributed by atoms with Crippen molar-refractivity contribution in [2.24, 2.45) is 0 Å². The Kier molecular flexibility index (Phi) is 6.36. The van der Waals surface area contributed by atoms with E-state index in [0.29, 0.717) is 35.1 Å². The van der Waals surface area contributed by atoms with Crippen LogP contribution in [-0.4, -0.2) is 29.2 Å². The minimum absolute atomic E-state index is 0.201. The number of hydrogen-bond acceptors (Lipinski definition) is 5. The SMILES string of the molecule is CCOc1cc(/C=C2/SC(=O)N(CC)C2=O)ccc1OCc1cccc(F)c1. The number of carbonyl (C=O) groups is 2. The Labute approximate surface area is 167 Å². The van der Waals surface area contributed by atoms with Gasteiger partial charge in [-0.2, -0.15) is 0 Å². The first-order chi connectivity index (χ1) is 13.5. The van der Waals surface area contributed by atoms with Crippen LogP contribution in [0.15, 0.2) is 47.4 Å². The predicted molar refractivity (Wildman–Crippen MR) is 107 cm³/mol. The Morgan fingerprint density at radius 1 is 1.07 bits per heavy atom. The van der Waals surface area contributed by atoms with Gasteiger partial charge in [-0.15, -0.1) is 0 Å². The van der Waals surface area contributed by atoms with Crippen LogP contribution in [0.3, 0.4) is 0 Å². The summed E-state index contributed by atoms with van der Waals surface area (Å²) < 4.78 is 24.7. The fourth-order valence-corrected chi connectivity index (χ4v) is 3.62. The van der Waals surface area contributed by atoms with Gasteiger partial charge in [-0.1, -0.05) is 18.2 Å². The lowest BCUT2D eigenvalue weighted by molar-refractivity contribution is -0.122. The molecule has 3 rings (SSSR count). The topological polar surface area (TPSA) is 55.8 Å². The first-order valence-corrected chi connectivity index (χ1v) is 9.73. The van der Waals surface area contributed by atoms with Crippen molar-refractivity contribution in [2.45, 2.75) is 20.5 Å². The summed E-state index contributed by atoms with van der Waals surface area (Å²) in [5.41, 5.74) is 1.43. The molecule has 0 N–H and O–H groups in total. The van der Waals surface area contributed by atoms with Crippen LogP contribution in [0.4, 0.5) is 9.18 Å². The van der Waals surface area contributed by atoms with Crippen LogP contribution in [0, 0.1) is 5.82 Å². The van der Waals surface area contributed by atoms with E-state index < -0.39 is 0 Å². The number of carbonyl (C=O) groups excluding carboxylic acids is 2. The number of likely N-dealkylation sites (N-methyl/N-ethyl adjacent to an activating group) is 1. The van der Waals surface area contributed by atoms with Crippen LogP contribution in [0.5, 0.6) is 11.5 Å². The van der Waals surface area contributed by atoms with Gasteiger partial charge in [0.2, 0.25) is 0 Å². The third kappa shape index (κ3) is 4.54. The van der Waals surface area contributed by atoms with Gasteiger partial charge in [0.15, 0.2) is 11.5 Å². The zero-order valence-corrected chi connectivity index (χ0v) is 16.4. The van der Waals surface area contributed by atoms with Crippen LogP contribution < -0.4 is 9.47 Å². The number of imide groups is 1.